The first kappa shape index (κ1) is 17.5. The van der Waals surface area contributed by atoms with Crippen LogP contribution in [0.3, 0.4) is 0 Å². The fourth-order valence-electron chi connectivity index (χ4n) is 3.87. The van der Waals surface area contributed by atoms with E-state index in [9.17, 15) is 13.6 Å². The van der Waals surface area contributed by atoms with Gasteiger partial charge in [0.15, 0.2) is 0 Å². The molecule has 2 aliphatic carbocycles. The molecule has 0 bridgehead atoms. The molecular weight excluding hydrogens is 360 g/mol. The van der Waals surface area contributed by atoms with Gasteiger partial charge in [-0.2, -0.15) is 5.10 Å². The van der Waals surface area contributed by atoms with Crippen LogP contribution in [0.25, 0.3) is 0 Å². The number of hydrogen-bond donors (Lipinski definition) is 0. The lowest BCUT2D eigenvalue weighted by Crippen LogP contribution is -2.36. The van der Waals surface area contributed by atoms with Crippen LogP contribution in [0, 0.1) is 0 Å². The van der Waals surface area contributed by atoms with Crippen molar-refractivity contribution in [1.82, 2.24) is 14.7 Å². The monoisotopic (exact) mass is 379 g/mol. The van der Waals surface area contributed by atoms with Crippen LogP contribution in [0.4, 0.5) is 8.78 Å². The molecule has 1 fully saturated rings. The highest BCUT2D eigenvalue weighted by atomic mass is 35.5. The summed E-state index contributed by atoms with van der Waals surface area (Å²) in [5, 5.41) is 4.49. The van der Waals surface area contributed by atoms with Crippen molar-refractivity contribution in [2.24, 2.45) is 7.05 Å². The molecule has 1 saturated carbocycles. The van der Waals surface area contributed by atoms with Crippen molar-refractivity contribution >= 4 is 17.5 Å². The van der Waals surface area contributed by atoms with Gasteiger partial charge in [-0.25, -0.2) is 8.78 Å². The van der Waals surface area contributed by atoms with E-state index in [0.29, 0.717) is 6.54 Å². The maximum absolute atomic E-state index is 13.3. The third-order valence-corrected chi connectivity index (χ3v) is 5.50. The van der Waals surface area contributed by atoms with E-state index < -0.39 is 12.1 Å². The van der Waals surface area contributed by atoms with Crippen LogP contribution in [0.5, 0.6) is 0 Å². The molecule has 138 valence electrons. The molecular formula is C19H20ClF2N3O. The zero-order chi connectivity index (χ0) is 18.4. The SMILES string of the molecule is Cn1cc(C(=O)N(CC2CCc3cc(Cl)ccc32)C2CC2)c(C(F)F)n1. The summed E-state index contributed by atoms with van der Waals surface area (Å²) in [7, 11) is 1.56. The molecule has 0 saturated heterocycles. The molecule has 2 aliphatic rings. The topological polar surface area (TPSA) is 38.1 Å². The van der Waals surface area contributed by atoms with Crippen LogP contribution in [0.2, 0.25) is 5.02 Å². The van der Waals surface area contributed by atoms with E-state index in [-0.39, 0.29) is 23.4 Å². The van der Waals surface area contributed by atoms with Gasteiger partial charge in [0.05, 0.1) is 5.56 Å². The molecule has 26 heavy (non-hydrogen) atoms. The van der Waals surface area contributed by atoms with E-state index in [2.05, 4.69) is 5.10 Å². The standard InChI is InChI=1S/C19H20ClF2N3O/c1-24-10-16(17(23-24)18(21)22)19(26)25(14-5-6-14)9-12-3-2-11-8-13(20)4-7-15(11)12/h4,7-8,10,12,14,18H,2-3,5-6,9H2,1H3. The zero-order valence-corrected chi connectivity index (χ0v) is 15.2. The minimum Gasteiger partial charge on any atom is -0.335 e. The predicted octanol–water partition coefficient (Wildman–Crippen LogP) is 4.35. The van der Waals surface area contributed by atoms with Crippen molar-refractivity contribution in [2.75, 3.05) is 6.54 Å². The second kappa shape index (κ2) is 6.65. The van der Waals surface area contributed by atoms with Crippen molar-refractivity contribution in [3.63, 3.8) is 0 Å². The van der Waals surface area contributed by atoms with Crippen LogP contribution in [0.15, 0.2) is 24.4 Å². The Balaban J connectivity index is 1.59. The lowest BCUT2D eigenvalue weighted by molar-refractivity contribution is 0.0719. The van der Waals surface area contributed by atoms with E-state index in [1.807, 2.05) is 18.2 Å². The molecule has 4 nitrogen and oxygen atoms in total. The van der Waals surface area contributed by atoms with E-state index in [0.717, 1.165) is 30.7 Å². The van der Waals surface area contributed by atoms with Gasteiger partial charge in [0, 0.05) is 36.8 Å². The van der Waals surface area contributed by atoms with Crippen molar-refractivity contribution in [3.8, 4) is 0 Å². The highest BCUT2D eigenvalue weighted by Gasteiger charge is 2.38. The number of nitrogens with zero attached hydrogens (tertiary/aromatic N) is 3. The summed E-state index contributed by atoms with van der Waals surface area (Å²) in [6, 6.07) is 6.03. The van der Waals surface area contributed by atoms with Gasteiger partial charge >= 0.3 is 0 Å². The summed E-state index contributed by atoms with van der Waals surface area (Å²) >= 11 is 6.07. The lowest BCUT2D eigenvalue weighted by Gasteiger charge is -2.26. The van der Waals surface area contributed by atoms with Gasteiger partial charge in [0.25, 0.3) is 12.3 Å². The molecule has 0 N–H and O–H groups in total. The molecule has 1 aromatic carbocycles. The third kappa shape index (κ3) is 3.22. The second-order valence-corrected chi connectivity index (χ2v) is 7.61. The number of aryl methyl sites for hydroxylation is 2. The maximum Gasteiger partial charge on any atom is 0.282 e. The van der Waals surface area contributed by atoms with Crippen LogP contribution in [-0.4, -0.2) is 33.2 Å². The van der Waals surface area contributed by atoms with Crippen molar-refractivity contribution in [1.29, 1.82) is 0 Å². The number of halogens is 3. The Labute approximate surface area is 155 Å². The normalized spacial score (nSPS) is 19.0. The summed E-state index contributed by atoms with van der Waals surface area (Å²) < 4.78 is 27.8. The summed E-state index contributed by atoms with van der Waals surface area (Å²) in [5.74, 6) is -0.114. The molecule has 1 atom stereocenters. The molecule has 0 radical (unpaired) electrons. The van der Waals surface area contributed by atoms with E-state index in [1.165, 1.54) is 22.0 Å². The minimum absolute atomic E-state index is 0.0173. The smallest absolute Gasteiger partial charge is 0.282 e. The summed E-state index contributed by atoms with van der Waals surface area (Å²) in [6.45, 7) is 0.551. The maximum atomic E-state index is 13.3. The van der Waals surface area contributed by atoms with Gasteiger partial charge in [-0.15, -0.1) is 0 Å². The van der Waals surface area contributed by atoms with Crippen LogP contribution in [-0.2, 0) is 13.5 Å². The molecule has 0 spiro atoms. The fourth-order valence-corrected chi connectivity index (χ4v) is 4.07. The summed E-state index contributed by atoms with van der Waals surface area (Å²) in [4.78, 5) is 14.8. The molecule has 1 unspecified atom stereocenters. The Kier molecular flexibility index (Phi) is 4.47. The Hall–Kier alpha value is -1.95. The van der Waals surface area contributed by atoms with Crippen molar-refractivity contribution in [3.05, 3.63) is 51.8 Å². The number of benzene rings is 1. The first-order valence-electron chi connectivity index (χ1n) is 8.85. The number of carbonyl (C=O) groups is 1. The van der Waals surface area contributed by atoms with E-state index in [1.54, 1.807) is 11.9 Å². The number of alkyl halides is 2. The van der Waals surface area contributed by atoms with Crippen molar-refractivity contribution in [2.45, 2.75) is 44.1 Å². The number of hydrogen-bond acceptors (Lipinski definition) is 2. The Morgan fingerprint density at radius 2 is 2.15 bits per heavy atom. The number of aromatic nitrogens is 2. The zero-order valence-electron chi connectivity index (χ0n) is 14.5. The molecule has 1 heterocycles. The highest BCUT2D eigenvalue weighted by molar-refractivity contribution is 6.30. The lowest BCUT2D eigenvalue weighted by atomic mass is 10.00. The molecule has 0 aliphatic heterocycles. The highest BCUT2D eigenvalue weighted by Crippen LogP contribution is 2.38. The third-order valence-electron chi connectivity index (χ3n) is 5.27. The first-order valence-corrected chi connectivity index (χ1v) is 9.23. The van der Waals surface area contributed by atoms with Gasteiger partial charge in [0.1, 0.15) is 5.69 Å². The average Bonchev–Trinajstić information content (AvgIpc) is 3.24. The number of fused-ring (bicyclic) bond motifs is 1. The molecule has 2 aromatic rings. The number of amides is 1. The van der Waals surface area contributed by atoms with Crippen LogP contribution < -0.4 is 0 Å². The predicted molar refractivity (Wildman–Crippen MR) is 94.7 cm³/mol. The Morgan fingerprint density at radius 1 is 1.38 bits per heavy atom. The van der Waals surface area contributed by atoms with Gasteiger partial charge in [-0.05, 0) is 48.9 Å². The molecule has 1 amide bonds. The van der Waals surface area contributed by atoms with Crippen LogP contribution in [0.1, 0.15) is 58.8 Å². The molecule has 7 heteroatoms. The largest absolute Gasteiger partial charge is 0.335 e. The van der Waals surface area contributed by atoms with Gasteiger partial charge < -0.3 is 4.90 Å². The minimum atomic E-state index is -2.76. The Bertz CT molecular complexity index is 847. The second-order valence-electron chi connectivity index (χ2n) is 7.17. The quantitative estimate of drug-likeness (QED) is 0.774. The Morgan fingerprint density at radius 3 is 2.85 bits per heavy atom. The van der Waals surface area contributed by atoms with Crippen LogP contribution >= 0.6 is 11.6 Å². The van der Waals surface area contributed by atoms with Gasteiger partial charge in [-0.1, -0.05) is 17.7 Å². The first-order chi connectivity index (χ1) is 12.4. The van der Waals surface area contributed by atoms with E-state index >= 15 is 0 Å². The number of rotatable bonds is 5. The number of carbonyl (C=O) groups excluding carboxylic acids is 1. The molecule has 1 aromatic heterocycles. The van der Waals surface area contributed by atoms with Gasteiger partial charge in [-0.3, -0.25) is 9.48 Å². The van der Waals surface area contributed by atoms with Crippen molar-refractivity contribution < 1.29 is 13.6 Å². The summed E-state index contributed by atoms with van der Waals surface area (Å²) in [6.07, 6.45) is 2.38. The average molecular weight is 380 g/mol. The summed E-state index contributed by atoms with van der Waals surface area (Å²) in [5.41, 5.74) is 2.03. The molecule has 4 rings (SSSR count). The van der Waals surface area contributed by atoms with E-state index in [4.69, 9.17) is 11.6 Å². The van der Waals surface area contributed by atoms with Gasteiger partial charge in [0.2, 0.25) is 0 Å². The fraction of sp³-hybridized carbons (Fsp3) is 0.474.